The largest absolute Gasteiger partial charge is 0.481 e. The Morgan fingerprint density at radius 2 is 1.53 bits per heavy atom. The molecule has 1 aliphatic heterocycles. The van der Waals surface area contributed by atoms with Gasteiger partial charge < -0.3 is 40.1 Å². The Kier molecular flexibility index (Phi) is 22.1. The van der Waals surface area contributed by atoms with Crippen LogP contribution < -0.4 is 10.6 Å². The van der Waals surface area contributed by atoms with E-state index in [9.17, 15) is 29.1 Å². The first-order valence-electron chi connectivity index (χ1n) is 21.7. The number of amides is 4. The van der Waals surface area contributed by atoms with Crippen LogP contribution in [0.5, 0.6) is 0 Å². The predicted molar refractivity (Wildman–Crippen MR) is 229 cm³/mol. The van der Waals surface area contributed by atoms with Crippen molar-refractivity contribution < 1.29 is 43.7 Å². The molecular formula is C45H77N5O9. The Morgan fingerprint density at radius 3 is 2.07 bits per heavy atom. The second-order valence-corrected chi connectivity index (χ2v) is 17.3. The summed E-state index contributed by atoms with van der Waals surface area (Å²) in [6.07, 6.45) is 2.15. The summed E-state index contributed by atoms with van der Waals surface area (Å²) in [7, 11) is 6.70. The van der Waals surface area contributed by atoms with Gasteiger partial charge in [0.25, 0.3) is 0 Å². The van der Waals surface area contributed by atoms with Gasteiger partial charge in [-0.2, -0.15) is 0 Å². The summed E-state index contributed by atoms with van der Waals surface area (Å²) in [5, 5.41) is 25.8. The smallest absolute Gasteiger partial charge is 0.303 e. The van der Waals surface area contributed by atoms with Gasteiger partial charge in [-0.25, -0.2) is 0 Å². The molecule has 0 aliphatic carbocycles. The van der Waals surface area contributed by atoms with Crippen LogP contribution in [0.1, 0.15) is 118 Å². The lowest BCUT2D eigenvalue weighted by atomic mass is 9.89. The fourth-order valence-corrected chi connectivity index (χ4v) is 8.62. The van der Waals surface area contributed by atoms with Crippen molar-refractivity contribution in [2.75, 3.05) is 41.4 Å². The quantitative estimate of drug-likeness (QED) is 0.0941. The second-order valence-electron chi connectivity index (χ2n) is 17.3. The molecule has 1 aromatic rings. The first kappa shape index (κ1) is 51.6. The van der Waals surface area contributed by atoms with E-state index in [0.29, 0.717) is 37.9 Å². The van der Waals surface area contributed by atoms with Crippen LogP contribution in [-0.2, 0) is 33.4 Å². The van der Waals surface area contributed by atoms with Gasteiger partial charge >= 0.3 is 5.97 Å². The zero-order chi connectivity index (χ0) is 44.6. The van der Waals surface area contributed by atoms with Gasteiger partial charge in [-0.15, -0.1) is 0 Å². The van der Waals surface area contributed by atoms with Crippen molar-refractivity contribution in [2.24, 2.45) is 23.7 Å². The summed E-state index contributed by atoms with van der Waals surface area (Å²) in [4.78, 5) is 72.5. The third-order valence-electron chi connectivity index (χ3n) is 12.3. The predicted octanol–water partition coefficient (Wildman–Crippen LogP) is 4.89. The number of carboxylic acids is 1. The van der Waals surface area contributed by atoms with Crippen LogP contribution in [0.25, 0.3) is 0 Å². The number of carbonyl (C=O) groups excluding carboxylic acids is 4. The number of likely N-dealkylation sites (N-methyl/N-ethyl adjacent to an activating group) is 2. The average molecular weight is 832 g/mol. The lowest BCUT2D eigenvalue weighted by Gasteiger charge is -2.41. The minimum atomic E-state index is -0.891. The number of likely N-dealkylation sites (tertiary alicyclic amines) is 1. The normalized spacial score (nSPS) is 19.1. The Labute approximate surface area is 354 Å². The molecule has 10 atom stereocenters. The topological polar surface area (TPSA) is 178 Å². The van der Waals surface area contributed by atoms with E-state index in [2.05, 4.69) is 10.6 Å². The molecule has 0 saturated carbocycles. The van der Waals surface area contributed by atoms with Crippen LogP contribution in [0.15, 0.2) is 30.3 Å². The van der Waals surface area contributed by atoms with Crippen LogP contribution in [-0.4, -0.2) is 138 Å². The Hall–Kier alpha value is -3.59. The average Bonchev–Trinajstić information content (AvgIpc) is 3.68. The third kappa shape index (κ3) is 14.8. The number of ether oxygens (including phenoxy) is 2. The van der Waals surface area contributed by atoms with Crippen LogP contribution in [0.4, 0.5) is 0 Å². The number of carbonyl (C=O) groups is 5. The highest BCUT2D eigenvalue weighted by atomic mass is 16.5. The van der Waals surface area contributed by atoms with Crippen LogP contribution >= 0.6 is 0 Å². The molecule has 0 bridgehead atoms. The van der Waals surface area contributed by atoms with Crippen molar-refractivity contribution in [3.05, 3.63) is 35.9 Å². The van der Waals surface area contributed by atoms with E-state index < -0.39 is 54.4 Å². The summed E-state index contributed by atoms with van der Waals surface area (Å²) in [5.74, 6) is -2.73. The molecule has 1 fully saturated rings. The molecule has 0 unspecified atom stereocenters. The van der Waals surface area contributed by atoms with E-state index in [1.807, 2.05) is 83.8 Å². The number of aliphatic hydroxyl groups excluding tert-OH is 1. The van der Waals surface area contributed by atoms with Crippen molar-refractivity contribution in [3.63, 3.8) is 0 Å². The van der Waals surface area contributed by atoms with Crippen molar-refractivity contribution >= 4 is 29.6 Å². The molecule has 14 nitrogen and oxygen atoms in total. The van der Waals surface area contributed by atoms with Crippen LogP contribution in [0.2, 0.25) is 0 Å². The molecule has 4 N–H and O–H groups in total. The van der Waals surface area contributed by atoms with Gasteiger partial charge in [-0.05, 0) is 69.5 Å². The van der Waals surface area contributed by atoms with Crippen LogP contribution in [0, 0.1) is 23.7 Å². The minimum absolute atomic E-state index is 0.00231. The summed E-state index contributed by atoms with van der Waals surface area (Å²) < 4.78 is 12.0. The van der Waals surface area contributed by atoms with Crippen molar-refractivity contribution in [1.82, 2.24) is 25.3 Å². The fourth-order valence-electron chi connectivity index (χ4n) is 8.62. The number of methoxy groups -OCH3 is 2. The van der Waals surface area contributed by atoms with Gasteiger partial charge in [0.15, 0.2) is 0 Å². The van der Waals surface area contributed by atoms with Crippen molar-refractivity contribution in [1.29, 1.82) is 0 Å². The summed E-state index contributed by atoms with van der Waals surface area (Å²) >= 11 is 0. The number of carboxylic acid groups (broad SMARTS) is 1. The number of unbranched alkanes of at least 4 members (excludes halogenated alkanes) is 2. The molecule has 0 aromatic heterocycles. The maximum Gasteiger partial charge on any atom is 0.303 e. The molecule has 2 rings (SSSR count). The van der Waals surface area contributed by atoms with Crippen LogP contribution in [0.3, 0.4) is 0 Å². The Balaban J connectivity index is 2.23. The number of rotatable bonds is 26. The van der Waals surface area contributed by atoms with E-state index >= 15 is 0 Å². The minimum Gasteiger partial charge on any atom is -0.481 e. The lowest BCUT2D eigenvalue weighted by Crippen LogP contribution is -2.60. The summed E-state index contributed by atoms with van der Waals surface area (Å²) in [6.45, 7) is 16.4. The first-order valence-corrected chi connectivity index (χ1v) is 21.7. The molecule has 59 heavy (non-hydrogen) atoms. The number of benzene rings is 1. The molecule has 1 saturated heterocycles. The molecule has 4 amide bonds. The third-order valence-corrected chi connectivity index (χ3v) is 12.3. The zero-order valence-electron chi connectivity index (χ0n) is 38.0. The first-order chi connectivity index (χ1) is 27.8. The highest BCUT2D eigenvalue weighted by Gasteiger charge is 2.43. The van der Waals surface area contributed by atoms with E-state index in [0.717, 1.165) is 19.3 Å². The molecule has 0 spiro atoms. The zero-order valence-corrected chi connectivity index (χ0v) is 38.0. The maximum atomic E-state index is 14.5. The van der Waals surface area contributed by atoms with E-state index in [1.165, 1.54) is 0 Å². The fraction of sp³-hybridized carbons (Fsp3) is 0.756. The summed E-state index contributed by atoms with van der Waals surface area (Å²) in [5.41, 5.74) is 0.700. The van der Waals surface area contributed by atoms with Crippen molar-refractivity contribution in [3.8, 4) is 0 Å². The van der Waals surface area contributed by atoms with Crippen molar-refractivity contribution in [2.45, 2.75) is 155 Å². The molecule has 14 heteroatoms. The van der Waals surface area contributed by atoms with Gasteiger partial charge in [0.05, 0.1) is 54.8 Å². The van der Waals surface area contributed by atoms with E-state index in [4.69, 9.17) is 14.6 Å². The standard InChI is InChI=1S/C45H77N5O9/c1-13-30(6)40(49(10)45(57)38(28(2)3)47-44(56)39(29(4)5)48(9)25-19-15-18-24-37(52)53)35(58-11)27-36(51)50-26-20-23-34(50)42(59-12)31(7)43(55)46-32(8)41(54)33-21-16-14-17-22-33/h14,16-17,21-22,28-32,34-35,38-42,54H,13,15,18-20,23-27H2,1-12H3,(H,46,55)(H,47,56)(H,52,53)/t30-,31+,32+,34-,35+,38-,39-,40-,41+,42+/m0/s1. The van der Waals surface area contributed by atoms with Gasteiger partial charge in [-0.3, -0.25) is 28.9 Å². The maximum absolute atomic E-state index is 14.5. The molecular weight excluding hydrogens is 755 g/mol. The summed E-state index contributed by atoms with van der Waals surface area (Å²) in [6, 6.07) is 6.43. The van der Waals surface area contributed by atoms with Gasteiger partial charge in [0, 0.05) is 34.2 Å². The van der Waals surface area contributed by atoms with Gasteiger partial charge in [0.2, 0.25) is 23.6 Å². The number of nitrogens with one attached hydrogen (secondary N) is 2. The number of aliphatic carboxylic acids is 1. The number of hydrogen-bond donors (Lipinski definition) is 4. The molecule has 1 heterocycles. The Morgan fingerprint density at radius 1 is 0.881 bits per heavy atom. The van der Waals surface area contributed by atoms with Gasteiger partial charge in [0.1, 0.15) is 6.04 Å². The number of aliphatic hydroxyl groups is 1. The molecule has 0 radical (unpaired) electrons. The van der Waals surface area contributed by atoms with E-state index in [-0.39, 0.29) is 60.3 Å². The van der Waals surface area contributed by atoms with E-state index in [1.54, 1.807) is 44.9 Å². The number of hydrogen-bond acceptors (Lipinski definition) is 9. The lowest BCUT2D eigenvalue weighted by molar-refractivity contribution is -0.148. The molecule has 336 valence electrons. The molecule has 1 aromatic carbocycles. The SMILES string of the molecule is CC[C@H](C)[C@@H]([C@@H](CC(=O)N1CCC[C@H]1[C@H](OC)[C@@H](C)C(=O)N[C@H](C)[C@@H](O)c1ccccc1)OC)N(C)C(=O)[C@@H](NC(=O)[C@H](C(C)C)N(C)CCCCCC(=O)O)C(C)C. The Bertz CT molecular complexity index is 1460. The second kappa shape index (κ2) is 25.2. The highest BCUT2D eigenvalue weighted by molar-refractivity contribution is 5.90. The van der Waals surface area contributed by atoms with Gasteiger partial charge in [-0.1, -0.05) is 91.6 Å². The molecule has 1 aliphatic rings. The monoisotopic (exact) mass is 832 g/mol. The number of nitrogens with zero attached hydrogens (tertiary/aromatic N) is 3. The highest BCUT2D eigenvalue weighted by Crippen LogP contribution is 2.30.